The number of anilines is 1. The number of aromatic nitrogens is 1. The lowest BCUT2D eigenvalue weighted by Gasteiger charge is -2.08. The molecule has 0 aliphatic carbocycles. The number of amides is 1. The highest BCUT2D eigenvalue weighted by atomic mass is 127. The maximum absolute atomic E-state index is 12.2. The fourth-order valence-corrected chi connectivity index (χ4v) is 3.46. The van der Waals surface area contributed by atoms with E-state index in [1.807, 2.05) is 48.5 Å². The van der Waals surface area contributed by atoms with Gasteiger partial charge in [0.25, 0.3) is 5.91 Å². The number of aryl methyl sites for hydroxylation is 1. The van der Waals surface area contributed by atoms with Crippen LogP contribution in [0.15, 0.2) is 71.1 Å². The summed E-state index contributed by atoms with van der Waals surface area (Å²) in [6.07, 6.45) is 0.969. The Labute approximate surface area is 182 Å². The van der Waals surface area contributed by atoms with Crippen LogP contribution in [0.5, 0.6) is 5.75 Å². The molecule has 146 valence electrons. The molecule has 4 aromatic rings. The van der Waals surface area contributed by atoms with Gasteiger partial charge in [0.2, 0.25) is 5.89 Å². The maximum atomic E-state index is 12.2. The second kappa shape index (κ2) is 8.65. The van der Waals surface area contributed by atoms with E-state index in [-0.39, 0.29) is 12.5 Å². The quantitative estimate of drug-likeness (QED) is 0.348. The van der Waals surface area contributed by atoms with Crippen LogP contribution in [0.3, 0.4) is 0 Å². The summed E-state index contributed by atoms with van der Waals surface area (Å²) in [7, 11) is 0. The number of benzene rings is 3. The molecule has 3 aromatic carbocycles. The summed E-state index contributed by atoms with van der Waals surface area (Å²) >= 11 is 2.26. The summed E-state index contributed by atoms with van der Waals surface area (Å²) in [5, 5.41) is 2.84. The average Bonchev–Trinajstić information content (AvgIpc) is 3.16. The molecular formula is C23H19IN2O3. The van der Waals surface area contributed by atoms with Gasteiger partial charge in [-0.2, -0.15) is 0 Å². The Kier molecular flexibility index (Phi) is 5.80. The number of hydrogen-bond acceptors (Lipinski definition) is 4. The first-order chi connectivity index (χ1) is 14.1. The number of oxazole rings is 1. The molecule has 0 unspecified atom stereocenters. The SMILES string of the molecule is CCc1ccc(OCC(=O)Nc2ccc3oc(-c4cccc(I)c4)nc3c2)cc1. The normalized spacial score (nSPS) is 10.8. The molecule has 0 saturated heterocycles. The molecule has 0 atom stereocenters. The van der Waals surface area contributed by atoms with E-state index in [1.165, 1.54) is 5.56 Å². The Balaban J connectivity index is 1.43. The molecule has 1 aromatic heterocycles. The van der Waals surface area contributed by atoms with Crippen LogP contribution in [0.1, 0.15) is 12.5 Å². The third-order valence-electron chi connectivity index (χ3n) is 4.44. The molecule has 0 aliphatic heterocycles. The van der Waals surface area contributed by atoms with E-state index in [4.69, 9.17) is 9.15 Å². The fraction of sp³-hybridized carbons (Fsp3) is 0.130. The van der Waals surface area contributed by atoms with Gasteiger partial charge in [-0.1, -0.05) is 25.1 Å². The van der Waals surface area contributed by atoms with E-state index >= 15 is 0 Å². The first-order valence-corrected chi connectivity index (χ1v) is 10.4. The van der Waals surface area contributed by atoms with Gasteiger partial charge in [-0.3, -0.25) is 4.79 Å². The van der Waals surface area contributed by atoms with Crippen LogP contribution in [-0.2, 0) is 11.2 Å². The minimum atomic E-state index is -0.231. The molecule has 0 bridgehead atoms. The predicted octanol–water partition coefficient (Wildman–Crippen LogP) is 5.68. The number of nitrogens with zero attached hydrogens (tertiary/aromatic N) is 1. The van der Waals surface area contributed by atoms with Gasteiger partial charge >= 0.3 is 0 Å². The standard InChI is InChI=1S/C23H19IN2O3/c1-2-15-6-9-19(10-7-15)28-14-22(27)25-18-8-11-21-20(13-18)26-23(29-21)16-4-3-5-17(24)12-16/h3-13H,2,14H2,1H3,(H,25,27). The highest BCUT2D eigenvalue weighted by Crippen LogP contribution is 2.27. The van der Waals surface area contributed by atoms with E-state index in [0.29, 0.717) is 28.4 Å². The van der Waals surface area contributed by atoms with Crippen LogP contribution < -0.4 is 10.1 Å². The zero-order chi connectivity index (χ0) is 20.2. The van der Waals surface area contributed by atoms with Crippen molar-refractivity contribution in [2.24, 2.45) is 0 Å². The van der Waals surface area contributed by atoms with Crippen molar-refractivity contribution in [3.8, 4) is 17.2 Å². The van der Waals surface area contributed by atoms with Gasteiger partial charge < -0.3 is 14.5 Å². The van der Waals surface area contributed by atoms with E-state index in [0.717, 1.165) is 15.6 Å². The fourth-order valence-electron chi connectivity index (χ4n) is 2.92. The number of ether oxygens (including phenoxy) is 1. The maximum Gasteiger partial charge on any atom is 0.262 e. The predicted molar refractivity (Wildman–Crippen MR) is 122 cm³/mol. The summed E-state index contributed by atoms with van der Waals surface area (Å²) in [6, 6.07) is 21.1. The van der Waals surface area contributed by atoms with Crippen molar-refractivity contribution in [3.63, 3.8) is 0 Å². The van der Waals surface area contributed by atoms with Crippen LogP contribution in [0.25, 0.3) is 22.6 Å². The van der Waals surface area contributed by atoms with Gasteiger partial charge in [0.15, 0.2) is 12.2 Å². The molecule has 0 saturated carbocycles. The molecule has 1 heterocycles. The number of halogens is 1. The van der Waals surface area contributed by atoms with Crippen molar-refractivity contribution in [2.75, 3.05) is 11.9 Å². The Morgan fingerprint density at radius 3 is 2.69 bits per heavy atom. The highest BCUT2D eigenvalue weighted by molar-refractivity contribution is 14.1. The van der Waals surface area contributed by atoms with E-state index in [9.17, 15) is 4.79 Å². The molecule has 1 amide bonds. The van der Waals surface area contributed by atoms with E-state index in [2.05, 4.69) is 39.8 Å². The minimum Gasteiger partial charge on any atom is -0.484 e. The minimum absolute atomic E-state index is 0.0595. The number of rotatable bonds is 6. The molecule has 29 heavy (non-hydrogen) atoms. The monoisotopic (exact) mass is 498 g/mol. The lowest BCUT2D eigenvalue weighted by atomic mass is 10.2. The highest BCUT2D eigenvalue weighted by Gasteiger charge is 2.11. The molecule has 0 spiro atoms. The summed E-state index contributed by atoms with van der Waals surface area (Å²) in [4.78, 5) is 16.8. The summed E-state index contributed by atoms with van der Waals surface area (Å²) < 4.78 is 12.5. The van der Waals surface area contributed by atoms with Crippen LogP contribution in [0.2, 0.25) is 0 Å². The zero-order valence-corrected chi connectivity index (χ0v) is 18.0. The van der Waals surface area contributed by atoms with Gasteiger partial charge in [-0.25, -0.2) is 4.98 Å². The molecule has 5 nitrogen and oxygen atoms in total. The molecule has 4 rings (SSSR count). The summed E-state index contributed by atoms with van der Waals surface area (Å²) in [5.41, 5.74) is 4.15. The van der Waals surface area contributed by atoms with Crippen molar-refractivity contribution < 1.29 is 13.9 Å². The van der Waals surface area contributed by atoms with E-state index in [1.54, 1.807) is 18.2 Å². The van der Waals surface area contributed by atoms with Gasteiger partial charge in [0.1, 0.15) is 11.3 Å². The summed E-state index contributed by atoms with van der Waals surface area (Å²) in [5.74, 6) is 0.998. The van der Waals surface area contributed by atoms with Crippen molar-refractivity contribution in [2.45, 2.75) is 13.3 Å². The molecule has 0 aliphatic rings. The smallest absolute Gasteiger partial charge is 0.262 e. The molecule has 6 heteroatoms. The summed E-state index contributed by atoms with van der Waals surface area (Å²) in [6.45, 7) is 2.04. The van der Waals surface area contributed by atoms with E-state index < -0.39 is 0 Å². The Morgan fingerprint density at radius 2 is 1.93 bits per heavy atom. The lowest BCUT2D eigenvalue weighted by Crippen LogP contribution is -2.20. The third-order valence-corrected chi connectivity index (χ3v) is 5.12. The largest absolute Gasteiger partial charge is 0.484 e. The van der Waals surface area contributed by atoms with Crippen molar-refractivity contribution in [1.29, 1.82) is 0 Å². The van der Waals surface area contributed by atoms with Crippen LogP contribution >= 0.6 is 22.6 Å². The first kappa shape index (κ1) is 19.4. The zero-order valence-electron chi connectivity index (χ0n) is 15.8. The number of hydrogen-bond donors (Lipinski definition) is 1. The Bertz CT molecular complexity index is 1150. The first-order valence-electron chi connectivity index (χ1n) is 9.29. The number of carbonyl (C=O) groups excluding carboxylic acids is 1. The van der Waals surface area contributed by atoms with Crippen LogP contribution in [-0.4, -0.2) is 17.5 Å². The average molecular weight is 498 g/mol. The third kappa shape index (κ3) is 4.76. The van der Waals surface area contributed by atoms with Crippen LogP contribution in [0, 0.1) is 3.57 Å². The topological polar surface area (TPSA) is 64.4 Å². The number of nitrogens with one attached hydrogen (secondary N) is 1. The second-order valence-corrected chi connectivity index (χ2v) is 7.79. The number of carbonyl (C=O) groups is 1. The lowest BCUT2D eigenvalue weighted by molar-refractivity contribution is -0.118. The Hall–Kier alpha value is -2.87. The molecule has 0 fully saturated rings. The van der Waals surface area contributed by atoms with Crippen molar-refractivity contribution >= 4 is 45.3 Å². The second-order valence-electron chi connectivity index (χ2n) is 6.55. The molecule has 1 N–H and O–H groups in total. The number of fused-ring (bicyclic) bond motifs is 1. The Morgan fingerprint density at radius 1 is 1.10 bits per heavy atom. The van der Waals surface area contributed by atoms with Gasteiger partial charge in [-0.05, 0) is 83.1 Å². The van der Waals surface area contributed by atoms with Gasteiger partial charge in [-0.15, -0.1) is 0 Å². The van der Waals surface area contributed by atoms with Gasteiger partial charge in [0.05, 0.1) is 0 Å². The van der Waals surface area contributed by atoms with Crippen LogP contribution in [0.4, 0.5) is 5.69 Å². The van der Waals surface area contributed by atoms with Crippen molar-refractivity contribution in [1.82, 2.24) is 4.98 Å². The van der Waals surface area contributed by atoms with Crippen molar-refractivity contribution in [3.05, 3.63) is 75.9 Å². The molecular weight excluding hydrogens is 479 g/mol. The molecule has 0 radical (unpaired) electrons. The van der Waals surface area contributed by atoms with Gasteiger partial charge in [0, 0.05) is 14.8 Å².